The van der Waals surface area contributed by atoms with E-state index in [0.29, 0.717) is 4.47 Å². The third kappa shape index (κ3) is 2.85. The van der Waals surface area contributed by atoms with Crippen molar-refractivity contribution in [2.45, 2.75) is 0 Å². The van der Waals surface area contributed by atoms with Crippen molar-refractivity contribution in [3.8, 4) is 0 Å². The van der Waals surface area contributed by atoms with Crippen molar-refractivity contribution >= 4 is 43.9 Å². The number of halogens is 4. The first kappa shape index (κ1) is 12.3. The van der Waals surface area contributed by atoms with Gasteiger partial charge in [0, 0.05) is 20.6 Å². The second-order valence-electron chi connectivity index (χ2n) is 2.55. The fourth-order valence-corrected chi connectivity index (χ4v) is 1.73. The summed E-state index contributed by atoms with van der Waals surface area (Å²) in [5, 5.41) is 8.37. The smallest absolute Gasteiger partial charge is 0.328 e. The van der Waals surface area contributed by atoms with Crippen LogP contribution < -0.4 is 0 Å². The van der Waals surface area contributed by atoms with Crippen LogP contribution in [-0.4, -0.2) is 11.1 Å². The summed E-state index contributed by atoms with van der Waals surface area (Å²) in [5.74, 6) is -3.38. The lowest BCUT2D eigenvalue weighted by Gasteiger charge is -2.04. The van der Waals surface area contributed by atoms with Crippen molar-refractivity contribution in [1.29, 1.82) is 0 Å². The molecule has 80 valence electrons. The van der Waals surface area contributed by atoms with E-state index in [9.17, 15) is 13.6 Å². The molecule has 0 unspecified atom stereocenters. The maximum atomic E-state index is 13.2. The van der Waals surface area contributed by atoms with Crippen LogP contribution in [0.15, 0.2) is 21.1 Å². The van der Waals surface area contributed by atoms with Crippen molar-refractivity contribution in [2.24, 2.45) is 0 Å². The number of aliphatic carboxylic acids is 1. The SMILES string of the molecule is O=C(O)/C=C/c1c(F)c(F)cc(Br)c1Br. The Morgan fingerprint density at radius 2 is 2.00 bits per heavy atom. The Bertz CT molecular complexity index is 418. The summed E-state index contributed by atoms with van der Waals surface area (Å²) in [6.45, 7) is 0. The minimum Gasteiger partial charge on any atom is -0.478 e. The van der Waals surface area contributed by atoms with Crippen LogP contribution >= 0.6 is 31.9 Å². The average Bonchev–Trinajstić information content (AvgIpc) is 2.14. The molecule has 0 saturated carbocycles. The number of carboxylic acid groups (broad SMARTS) is 1. The van der Waals surface area contributed by atoms with E-state index in [1.54, 1.807) is 0 Å². The van der Waals surface area contributed by atoms with Crippen molar-refractivity contribution in [3.63, 3.8) is 0 Å². The van der Waals surface area contributed by atoms with Gasteiger partial charge in [0.25, 0.3) is 0 Å². The second-order valence-corrected chi connectivity index (χ2v) is 4.20. The van der Waals surface area contributed by atoms with Crippen LogP contribution in [0.1, 0.15) is 5.56 Å². The number of carboxylic acids is 1. The van der Waals surface area contributed by atoms with Crippen molar-refractivity contribution in [2.75, 3.05) is 0 Å². The summed E-state index contributed by atoms with van der Waals surface area (Å²) in [6, 6.07) is 0.956. The van der Waals surface area contributed by atoms with Gasteiger partial charge < -0.3 is 5.11 Å². The van der Waals surface area contributed by atoms with Crippen LogP contribution in [0.3, 0.4) is 0 Å². The largest absolute Gasteiger partial charge is 0.478 e. The first-order valence-electron chi connectivity index (χ1n) is 3.67. The summed E-state index contributed by atoms with van der Waals surface area (Å²) < 4.78 is 26.7. The Kier molecular flexibility index (Phi) is 3.98. The summed E-state index contributed by atoms with van der Waals surface area (Å²) >= 11 is 6.02. The molecule has 15 heavy (non-hydrogen) atoms. The van der Waals surface area contributed by atoms with E-state index in [-0.39, 0.29) is 10.0 Å². The van der Waals surface area contributed by atoms with Crippen LogP contribution in [0.5, 0.6) is 0 Å². The molecule has 2 nitrogen and oxygen atoms in total. The van der Waals surface area contributed by atoms with Gasteiger partial charge in [0.15, 0.2) is 11.6 Å². The lowest BCUT2D eigenvalue weighted by atomic mass is 10.2. The summed E-state index contributed by atoms with van der Waals surface area (Å²) in [5.41, 5.74) is -0.149. The highest BCUT2D eigenvalue weighted by Crippen LogP contribution is 2.31. The fraction of sp³-hybridized carbons (Fsp3) is 0. The van der Waals surface area contributed by atoms with Crippen LogP contribution in [0.25, 0.3) is 6.08 Å². The van der Waals surface area contributed by atoms with E-state index in [0.717, 1.165) is 18.2 Å². The summed E-state index contributed by atoms with van der Waals surface area (Å²) in [6.07, 6.45) is 1.71. The molecule has 0 aliphatic heterocycles. The van der Waals surface area contributed by atoms with Gasteiger partial charge >= 0.3 is 5.97 Å². The van der Waals surface area contributed by atoms with Gasteiger partial charge in [-0.3, -0.25) is 0 Å². The molecule has 0 heterocycles. The Balaban J connectivity index is 3.33. The zero-order chi connectivity index (χ0) is 11.6. The van der Waals surface area contributed by atoms with E-state index < -0.39 is 17.6 Å². The predicted octanol–water partition coefficient (Wildman–Crippen LogP) is 3.59. The van der Waals surface area contributed by atoms with Gasteiger partial charge in [-0.15, -0.1) is 0 Å². The zero-order valence-electron chi connectivity index (χ0n) is 7.10. The lowest BCUT2D eigenvalue weighted by Crippen LogP contribution is -1.93. The maximum Gasteiger partial charge on any atom is 0.328 e. The third-order valence-corrected chi connectivity index (χ3v) is 3.55. The van der Waals surface area contributed by atoms with Gasteiger partial charge in [-0.2, -0.15) is 0 Å². The Morgan fingerprint density at radius 3 is 2.53 bits per heavy atom. The Hall–Kier alpha value is -0.750. The highest BCUT2D eigenvalue weighted by molar-refractivity contribution is 9.13. The molecule has 0 radical (unpaired) electrons. The summed E-state index contributed by atoms with van der Waals surface area (Å²) in [4.78, 5) is 10.2. The number of hydrogen-bond acceptors (Lipinski definition) is 1. The quantitative estimate of drug-likeness (QED) is 0.659. The Labute approximate surface area is 101 Å². The van der Waals surface area contributed by atoms with Gasteiger partial charge in [-0.25, -0.2) is 13.6 Å². The standard InChI is InChI=1S/C9H4Br2F2O2/c10-5-3-6(12)9(13)4(8(5)11)1-2-7(14)15/h1-3H,(H,14,15)/b2-1+. The molecule has 0 atom stereocenters. The minimum atomic E-state index is -1.23. The van der Waals surface area contributed by atoms with Gasteiger partial charge in [0.05, 0.1) is 0 Å². The van der Waals surface area contributed by atoms with E-state index in [4.69, 9.17) is 5.11 Å². The minimum absolute atomic E-state index is 0.149. The van der Waals surface area contributed by atoms with Crippen LogP contribution in [0, 0.1) is 11.6 Å². The van der Waals surface area contributed by atoms with E-state index in [1.807, 2.05) is 0 Å². The number of rotatable bonds is 2. The molecule has 0 saturated heterocycles. The average molecular weight is 342 g/mol. The van der Waals surface area contributed by atoms with Crippen LogP contribution in [0.4, 0.5) is 8.78 Å². The molecule has 6 heteroatoms. The molecule has 0 fully saturated rings. The molecule has 0 amide bonds. The molecule has 0 aliphatic rings. The first-order chi connectivity index (χ1) is 6.93. The molecular formula is C9H4Br2F2O2. The fourth-order valence-electron chi connectivity index (χ4n) is 0.893. The van der Waals surface area contributed by atoms with E-state index in [1.165, 1.54) is 0 Å². The van der Waals surface area contributed by atoms with Crippen LogP contribution in [0.2, 0.25) is 0 Å². The molecule has 1 rings (SSSR count). The van der Waals surface area contributed by atoms with Crippen molar-refractivity contribution in [3.05, 3.63) is 38.3 Å². The molecule has 1 aromatic rings. The Morgan fingerprint density at radius 1 is 1.40 bits per heavy atom. The van der Waals surface area contributed by atoms with Crippen molar-refractivity contribution < 1.29 is 18.7 Å². The predicted molar refractivity (Wildman–Crippen MR) is 58.4 cm³/mol. The van der Waals surface area contributed by atoms with E-state index in [2.05, 4.69) is 31.9 Å². The second kappa shape index (κ2) is 4.85. The van der Waals surface area contributed by atoms with Gasteiger partial charge in [-0.1, -0.05) is 0 Å². The highest BCUT2D eigenvalue weighted by atomic mass is 79.9. The summed E-state index contributed by atoms with van der Waals surface area (Å²) in [7, 11) is 0. The van der Waals surface area contributed by atoms with E-state index >= 15 is 0 Å². The molecule has 0 aliphatic carbocycles. The molecule has 0 aromatic heterocycles. The topological polar surface area (TPSA) is 37.3 Å². The number of carbonyl (C=O) groups is 1. The number of hydrogen-bond donors (Lipinski definition) is 1. The van der Waals surface area contributed by atoms with Crippen LogP contribution in [-0.2, 0) is 4.79 Å². The normalized spacial score (nSPS) is 10.9. The number of benzene rings is 1. The van der Waals surface area contributed by atoms with Gasteiger partial charge in [-0.05, 0) is 44.0 Å². The monoisotopic (exact) mass is 340 g/mol. The molecule has 1 N–H and O–H groups in total. The zero-order valence-corrected chi connectivity index (χ0v) is 10.3. The molecular weight excluding hydrogens is 338 g/mol. The highest BCUT2D eigenvalue weighted by Gasteiger charge is 2.13. The molecule has 1 aromatic carbocycles. The third-order valence-electron chi connectivity index (χ3n) is 1.54. The van der Waals surface area contributed by atoms with Gasteiger partial charge in [0.1, 0.15) is 0 Å². The van der Waals surface area contributed by atoms with Gasteiger partial charge in [0.2, 0.25) is 0 Å². The maximum absolute atomic E-state index is 13.2. The first-order valence-corrected chi connectivity index (χ1v) is 5.26. The van der Waals surface area contributed by atoms with Crippen molar-refractivity contribution in [1.82, 2.24) is 0 Å². The molecule has 0 spiro atoms. The lowest BCUT2D eigenvalue weighted by molar-refractivity contribution is -0.131. The molecule has 0 bridgehead atoms.